The SMILES string of the molecule is COC(=O)c1ccc(Cl)c(CN2C3CCNCC2CC3)c1. The number of rotatable bonds is 3. The Kier molecular flexibility index (Phi) is 4.48. The van der Waals surface area contributed by atoms with Crippen LogP contribution in [0.1, 0.15) is 35.2 Å². The Labute approximate surface area is 130 Å². The van der Waals surface area contributed by atoms with Crippen molar-refractivity contribution in [1.82, 2.24) is 10.2 Å². The minimum absolute atomic E-state index is 0.312. The Bertz CT molecular complexity index is 521. The van der Waals surface area contributed by atoms with Gasteiger partial charge in [-0.25, -0.2) is 4.79 Å². The van der Waals surface area contributed by atoms with Crippen molar-refractivity contribution >= 4 is 17.6 Å². The van der Waals surface area contributed by atoms with Crippen molar-refractivity contribution < 1.29 is 9.53 Å². The van der Waals surface area contributed by atoms with Gasteiger partial charge in [0.2, 0.25) is 0 Å². The average Bonchev–Trinajstić information content (AvgIpc) is 2.73. The van der Waals surface area contributed by atoms with E-state index >= 15 is 0 Å². The molecule has 0 saturated carbocycles. The zero-order chi connectivity index (χ0) is 14.8. The van der Waals surface area contributed by atoms with E-state index in [2.05, 4.69) is 10.2 Å². The molecule has 2 heterocycles. The van der Waals surface area contributed by atoms with Crippen LogP contribution >= 0.6 is 11.6 Å². The van der Waals surface area contributed by atoms with Crippen molar-refractivity contribution in [2.24, 2.45) is 0 Å². The van der Waals surface area contributed by atoms with E-state index in [1.54, 1.807) is 12.1 Å². The molecule has 2 bridgehead atoms. The molecule has 0 aliphatic carbocycles. The van der Waals surface area contributed by atoms with Crippen LogP contribution in [0.2, 0.25) is 5.02 Å². The molecule has 2 saturated heterocycles. The zero-order valence-corrected chi connectivity index (χ0v) is 13.0. The first-order chi connectivity index (χ1) is 10.2. The summed E-state index contributed by atoms with van der Waals surface area (Å²) in [5.41, 5.74) is 1.58. The number of esters is 1. The third-order valence-electron chi connectivity index (χ3n) is 4.63. The largest absolute Gasteiger partial charge is 0.465 e. The molecule has 1 aromatic rings. The molecule has 0 amide bonds. The van der Waals surface area contributed by atoms with E-state index in [0.717, 1.165) is 30.2 Å². The van der Waals surface area contributed by atoms with Crippen LogP contribution in [-0.2, 0) is 11.3 Å². The third-order valence-corrected chi connectivity index (χ3v) is 4.99. The van der Waals surface area contributed by atoms with E-state index < -0.39 is 0 Å². The topological polar surface area (TPSA) is 41.6 Å². The van der Waals surface area contributed by atoms with Crippen LogP contribution < -0.4 is 5.32 Å². The van der Waals surface area contributed by atoms with E-state index in [1.165, 1.54) is 26.4 Å². The van der Waals surface area contributed by atoms with E-state index in [4.69, 9.17) is 16.3 Å². The quantitative estimate of drug-likeness (QED) is 0.871. The monoisotopic (exact) mass is 308 g/mol. The molecule has 0 spiro atoms. The maximum absolute atomic E-state index is 11.7. The third kappa shape index (κ3) is 3.07. The predicted molar refractivity (Wildman–Crippen MR) is 82.6 cm³/mol. The summed E-state index contributed by atoms with van der Waals surface area (Å²) in [5, 5.41) is 4.22. The highest BCUT2D eigenvalue weighted by atomic mass is 35.5. The zero-order valence-electron chi connectivity index (χ0n) is 12.3. The second-order valence-electron chi connectivity index (χ2n) is 5.85. The molecule has 4 nitrogen and oxygen atoms in total. The first kappa shape index (κ1) is 14.8. The normalized spacial score (nSPS) is 25.6. The van der Waals surface area contributed by atoms with Gasteiger partial charge in [-0.05, 0) is 49.6 Å². The summed E-state index contributed by atoms with van der Waals surface area (Å²) in [7, 11) is 1.40. The van der Waals surface area contributed by atoms with Gasteiger partial charge in [-0.1, -0.05) is 11.6 Å². The number of nitrogens with one attached hydrogen (secondary N) is 1. The molecule has 2 unspecified atom stereocenters. The van der Waals surface area contributed by atoms with Gasteiger partial charge in [-0.3, -0.25) is 4.90 Å². The van der Waals surface area contributed by atoms with Crippen molar-refractivity contribution in [3.63, 3.8) is 0 Å². The van der Waals surface area contributed by atoms with Crippen LogP contribution in [0.4, 0.5) is 0 Å². The molecule has 21 heavy (non-hydrogen) atoms. The van der Waals surface area contributed by atoms with Crippen LogP contribution in [0.15, 0.2) is 18.2 Å². The minimum Gasteiger partial charge on any atom is -0.465 e. The van der Waals surface area contributed by atoms with Crippen LogP contribution in [0.5, 0.6) is 0 Å². The van der Waals surface area contributed by atoms with Crippen molar-refractivity contribution in [1.29, 1.82) is 0 Å². The molecule has 1 aromatic carbocycles. The first-order valence-electron chi connectivity index (χ1n) is 7.52. The molecule has 5 heteroatoms. The van der Waals surface area contributed by atoms with Crippen LogP contribution in [0.3, 0.4) is 0 Å². The molecule has 1 N–H and O–H groups in total. The number of methoxy groups -OCH3 is 1. The molecule has 0 aromatic heterocycles. The number of ether oxygens (including phenoxy) is 1. The molecule has 114 valence electrons. The molecule has 2 atom stereocenters. The summed E-state index contributed by atoms with van der Waals surface area (Å²) in [6, 6.07) is 6.58. The van der Waals surface area contributed by atoms with Crippen LogP contribution in [0.25, 0.3) is 0 Å². The summed E-state index contributed by atoms with van der Waals surface area (Å²) < 4.78 is 4.79. The molecule has 2 fully saturated rings. The number of fused-ring (bicyclic) bond motifs is 2. The Morgan fingerprint density at radius 3 is 3.00 bits per heavy atom. The number of halogens is 1. The van der Waals surface area contributed by atoms with E-state index in [-0.39, 0.29) is 5.97 Å². The van der Waals surface area contributed by atoms with E-state index in [0.29, 0.717) is 17.6 Å². The fourth-order valence-corrected chi connectivity index (χ4v) is 3.65. The molecular formula is C16H21ClN2O2. The van der Waals surface area contributed by atoms with Gasteiger partial charge in [0.05, 0.1) is 12.7 Å². The van der Waals surface area contributed by atoms with Crippen LogP contribution in [-0.4, -0.2) is 43.2 Å². The number of nitrogens with zero attached hydrogens (tertiary/aromatic N) is 1. The molecule has 3 rings (SSSR count). The van der Waals surface area contributed by atoms with Gasteiger partial charge in [0, 0.05) is 30.2 Å². The Morgan fingerprint density at radius 2 is 2.19 bits per heavy atom. The summed E-state index contributed by atoms with van der Waals surface area (Å²) in [6.45, 7) is 2.94. The van der Waals surface area contributed by atoms with Gasteiger partial charge in [-0.15, -0.1) is 0 Å². The standard InChI is InChI=1S/C16H21ClN2O2/c1-21-16(20)11-2-5-15(17)12(8-11)10-19-13-3-4-14(19)9-18-7-6-13/h2,5,8,13-14,18H,3-4,6-7,9-10H2,1H3. The number of benzene rings is 1. The fraction of sp³-hybridized carbons (Fsp3) is 0.562. The lowest BCUT2D eigenvalue weighted by atomic mass is 10.1. The molecule has 0 radical (unpaired) electrons. The summed E-state index contributed by atoms with van der Waals surface area (Å²) in [6.07, 6.45) is 3.69. The van der Waals surface area contributed by atoms with Crippen molar-refractivity contribution in [2.45, 2.75) is 37.9 Å². The minimum atomic E-state index is -0.312. The van der Waals surface area contributed by atoms with Gasteiger partial charge < -0.3 is 10.1 Å². The Hall–Kier alpha value is -1.10. The smallest absolute Gasteiger partial charge is 0.337 e. The second-order valence-corrected chi connectivity index (χ2v) is 6.26. The maximum Gasteiger partial charge on any atom is 0.337 e. The van der Waals surface area contributed by atoms with Gasteiger partial charge >= 0.3 is 5.97 Å². The van der Waals surface area contributed by atoms with Gasteiger partial charge in [-0.2, -0.15) is 0 Å². The lowest BCUT2D eigenvalue weighted by Gasteiger charge is -2.28. The number of carbonyl (C=O) groups excluding carboxylic acids is 1. The van der Waals surface area contributed by atoms with Gasteiger partial charge in [0.25, 0.3) is 0 Å². The number of carbonyl (C=O) groups is 1. The predicted octanol–water partition coefficient (Wildman–Crippen LogP) is 2.45. The van der Waals surface area contributed by atoms with Crippen LogP contribution in [0, 0.1) is 0 Å². The number of hydrogen-bond donors (Lipinski definition) is 1. The molecule has 2 aliphatic heterocycles. The van der Waals surface area contributed by atoms with Crippen molar-refractivity contribution in [2.75, 3.05) is 20.2 Å². The summed E-state index contributed by atoms with van der Waals surface area (Å²) >= 11 is 6.33. The molecular weight excluding hydrogens is 288 g/mol. The Morgan fingerprint density at radius 1 is 1.38 bits per heavy atom. The summed E-state index contributed by atoms with van der Waals surface area (Å²) in [4.78, 5) is 14.2. The fourth-order valence-electron chi connectivity index (χ4n) is 3.48. The van der Waals surface area contributed by atoms with E-state index in [9.17, 15) is 4.79 Å². The van der Waals surface area contributed by atoms with Gasteiger partial charge in [0.1, 0.15) is 0 Å². The lowest BCUT2D eigenvalue weighted by Crippen LogP contribution is -2.37. The van der Waals surface area contributed by atoms with Crippen molar-refractivity contribution in [3.05, 3.63) is 34.3 Å². The van der Waals surface area contributed by atoms with Crippen molar-refractivity contribution in [3.8, 4) is 0 Å². The second kappa shape index (κ2) is 6.34. The lowest BCUT2D eigenvalue weighted by molar-refractivity contribution is 0.0600. The first-order valence-corrected chi connectivity index (χ1v) is 7.90. The highest BCUT2D eigenvalue weighted by Gasteiger charge is 2.34. The maximum atomic E-state index is 11.7. The summed E-state index contributed by atoms with van der Waals surface area (Å²) in [5.74, 6) is -0.312. The molecule has 2 aliphatic rings. The Balaban J connectivity index is 1.82. The number of hydrogen-bond acceptors (Lipinski definition) is 4. The average molecular weight is 309 g/mol. The van der Waals surface area contributed by atoms with Gasteiger partial charge in [0.15, 0.2) is 0 Å². The van der Waals surface area contributed by atoms with E-state index in [1.807, 2.05) is 6.07 Å². The highest BCUT2D eigenvalue weighted by Crippen LogP contribution is 2.31. The highest BCUT2D eigenvalue weighted by molar-refractivity contribution is 6.31.